The van der Waals surface area contributed by atoms with Crippen LogP contribution in [0.1, 0.15) is 26.3 Å². The first kappa shape index (κ1) is 28.4. The van der Waals surface area contributed by atoms with E-state index in [2.05, 4.69) is 196 Å². The summed E-state index contributed by atoms with van der Waals surface area (Å²) < 4.78 is 0. The highest BCUT2D eigenvalue weighted by molar-refractivity contribution is 5.97. The molecule has 0 aromatic heterocycles. The van der Waals surface area contributed by atoms with E-state index in [1.54, 1.807) is 0 Å². The number of anilines is 3. The van der Waals surface area contributed by atoms with Gasteiger partial charge in [-0.05, 0) is 91.5 Å². The normalized spacial score (nSPS) is 11.4. The summed E-state index contributed by atoms with van der Waals surface area (Å²) in [6.45, 7) is 6.80. The van der Waals surface area contributed by atoms with E-state index in [-0.39, 0.29) is 5.41 Å². The van der Waals surface area contributed by atoms with Crippen LogP contribution in [0.5, 0.6) is 0 Å². The van der Waals surface area contributed by atoms with Crippen LogP contribution < -0.4 is 4.90 Å². The second-order valence-corrected chi connectivity index (χ2v) is 12.7. The molecule has 1 nitrogen and oxygen atoms in total. The lowest BCUT2D eigenvalue weighted by Gasteiger charge is -2.26. The van der Waals surface area contributed by atoms with E-state index in [1.165, 1.54) is 49.7 Å². The van der Waals surface area contributed by atoms with Gasteiger partial charge in [0, 0.05) is 17.1 Å². The zero-order chi connectivity index (χ0) is 30.8. The summed E-state index contributed by atoms with van der Waals surface area (Å²) in [5.74, 6) is 0. The molecule has 0 saturated heterocycles. The molecular formula is C44H37N. The zero-order valence-electron chi connectivity index (χ0n) is 26.1. The molecule has 0 aliphatic carbocycles. The van der Waals surface area contributed by atoms with Crippen molar-refractivity contribution in [3.63, 3.8) is 0 Å². The third-order valence-electron chi connectivity index (χ3n) is 8.65. The average Bonchev–Trinajstić information content (AvgIpc) is 3.09. The van der Waals surface area contributed by atoms with Gasteiger partial charge < -0.3 is 4.90 Å². The van der Waals surface area contributed by atoms with Crippen molar-refractivity contribution in [3.05, 3.63) is 175 Å². The molecule has 218 valence electrons. The Morgan fingerprint density at radius 3 is 1.47 bits per heavy atom. The van der Waals surface area contributed by atoms with Gasteiger partial charge in [0.05, 0.1) is 0 Å². The summed E-state index contributed by atoms with van der Waals surface area (Å²) in [5, 5.41) is 2.53. The SMILES string of the molecule is CC(C)(C)c1cccc(-c2ccc(N(c3ccc(-c4ccccc4)cc3)c3ccc(-c4cccc5ccccc45)cc3)cc2)c1. The van der Waals surface area contributed by atoms with E-state index >= 15 is 0 Å². The number of fused-ring (bicyclic) bond motifs is 1. The second kappa shape index (κ2) is 11.9. The minimum atomic E-state index is 0.108. The summed E-state index contributed by atoms with van der Waals surface area (Å²) >= 11 is 0. The predicted molar refractivity (Wildman–Crippen MR) is 194 cm³/mol. The summed E-state index contributed by atoms with van der Waals surface area (Å²) in [7, 11) is 0. The van der Waals surface area contributed by atoms with E-state index in [4.69, 9.17) is 0 Å². The van der Waals surface area contributed by atoms with E-state index in [0.717, 1.165) is 17.1 Å². The molecule has 0 radical (unpaired) electrons. The molecule has 0 fully saturated rings. The Hall–Kier alpha value is -5.40. The molecule has 0 aliphatic rings. The summed E-state index contributed by atoms with van der Waals surface area (Å²) in [6.07, 6.45) is 0. The van der Waals surface area contributed by atoms with Gasteiger partial charge in [0.2, 0.25) is 0 Å². The van der Waals surface area contributed by atoms with E-state index in [9.17, 15) is 0 Å². The van der Waals surface area contributed by atoms with Crippen molar-refractivity contribution >= 4 is 27.8 Å². The Bertz CT molecular complexity index is 2040. The maximum Gasteiger partial charge on any atom is 0.0462 e. The molecule has 0 amide bonds. The maximum absolute atomic E-state index is 2.34. The lowest BCUT2D eigenvalue weighted by Crippen LogP contribution is -2.11. The number of rotatable bonds is 6. The molecule has 0 bridgehead atoms. The number of hydrogen-bond acceptors (Lipinski definition) is 1. The van der Waals surface area contributed by atoms with Gasteiger partial charge in [0.15, 0.2) is 0 Å². The third-order valence-corrected chi connectivity index (χ3v) is 8.65. The molecule has 0 N–H and O–H groups in total. The molecule has 0 aliphatic heterocycles. The van der Waals surface area contributed by atoms with Crippen molar-refractivity contribution in [3.8, 4) is 33.4 Å². The lowest BCUT2D eigenvalue weighted by atomic mass is 9.85. The van der Waals surface area contributed by atoms with Crippen molar-refractivity contribution in [1.82, 2.24) is 0 Å². The maximum atomic E-state index is 2.34. The topological polar surface area (TPSA) is 3.24 Å². The lowest BCUT2D eigenvalue weighted by molar-refractivity contribution is 0.590. The van der Waals surface area contributed by atoms with Crippen LogP contribution in [0.4, 0.5) is 17.1 Å². The fourth-order valence-electron chi connectivity index (χ4n) is 6.12. The monoisotopic (exact) mass is 579 g/mol. The van der Waals surface area contributed by atoms with Gasteiger partial charge in [-0.1, -0.05) is 154 Å². The van der Waals surface area contributed by atoms with Gasteiger partial charge in [-0.3, -0.25) is 0 Å². The highest BCUT2D eigenvalue weighted by Crippen LogP contribution is 2.38. The van der Waals surface area contributed by atoms with Crippen LogP contribution >= 0.6 is 0 Å². The molecule has 0 unspecified atom stereocenters. The van der Waals surface area contributed by atoms with Crippen LogP contribution in [0.2, 0.25) is 0 Å². The third kappa shape index (κ3) is 5.90. The van der Waals surface area contributed by atoms with Gasteiger partial charge in [-0.2, -0.15) is 0 Å². The molecule has 0 saturated carbocycles. The first-order chi connectivity index (χ1) is 21.9. The summed E-state index contributed by atoms with van der Waals surface area (Å²) in [4.78, 5) is 2.34. The second-order valence-electron chi connectivity index (χ2n) is 12.7. The fraction of sp³-hybridized carbons (Fsp3) is 0.0909. The first-order valence-corrected chi connectivity index (χ1v) is 15.7. The smallest absolute Gasteiger partial charge is 0.0462 e. The van der Waals surface area contributed by atoms with Crippen molar-refractivity contribution in [1.29, 1.82) is 0 Å². The largest absolute Gasteiger partial charge is 0.311 e. The highest BCUT2D eigenvalue weighted by atomic mass is 15.1. The van der Waals surface area contributed by atoms with Crippen molar-refractivity contribution in [2.24, 2.45) is 0 Å². The van der Waals surface area contributed by atoms with E-state index in [0.29, 0.717) is 0 Å². The van der Waals surface area contributed by atoms with Gasteiger partial charge in [-0.15, -0.1) is 0 Å². The fourth-order valence-corrected chi connectivity index (χ4v) is 6.12. The van der Waals surface area contributed by atoms with Crippen LogP contribution in [-0.2, 0) is 5.41 Å². The number of nitrogens with zero attached hydrogens (tertiary/aromatic N) is 1. The minimum absolute atomic E-state index is 0.108. The van der Waals surface area contributed by atoms with Crippen LogP contribution in [0, 0.1) is 0 Å². The molecule has 45 heavy (non-hydrogen) atoms. The van der Waals surface area contributed by atoms with E-state index in [1.807, 2.05) is 0 Å². The first-order valence-electron chi connectivity index (χ1n) is 15.7. The van der Waals surface area contributed by atoms with Gasteiger partial charge in [0.25, 0.3) is 0 Å². The molecule has 0 atom stereocenters. The Morgan fingerprint density at radius 1 is 0.378 bits per heavy atom. The van der Waals surface area contributed by atoms with Gasteiger partial charge in [-0.25, -0.2) is 0 Å². The molecular weight excluding hydrogens is 542 g/mol. The number of hydrogen-bond donors (Lipinski definition) is 0. The summed E-state index contributed by atoms with van der Waals surface area (Å²) in [5.41, 5.74) is 12.2. The van der Waals surface area contributed by atoms with Gasteiger partial charge >= 0.3 is 0 Å². The molecule has 1 heteroatoms. The van der Waals surface area contributed by atoms with Crippen LogP contribution in [0.15, 0.2) is 170 Å². The zero-order valence-corrected chi connectivity index (χ0v) is 26.1. The molecule has 0 heterocycles. The van der Waals surface area contributed by atoms with Crippen LogP contribution in [-0.4, -0.2) is 0 Å². The Kier molecular flexibility index (Phi) is 7.53. The Balaban J connectivity index is 1.27. The standard InChI is InChI=1S/C44H37N/c1-44(2,3)38-16-9-15-37(31-38)34-21-27-40(28-22-34)45(39-25-19-33(20-26-39)32-11-5-4-6-12-32)41-29-23-36(24-30-41)43-18-10-14-35-13-7-8-17-42(35)43/h4-31H,1-3H3. The summed E-state index contributed by atoms with van der Waals surface area (Å²) in [6, 6.07) is 61.4. The Morgan fingerprint density at radius 2 is 0.844 bits per heavy atom. The van der Waals surface area contributed by atoms with Crippen molar-refractivity contribution in [2.75, 3.05) is 4.90 Å². The van der Waals surface area contributed by atoms with Crippen molar-refractivity contribution < 1.29 is 0 Å². The predicted octanol–water partition coefficient (Wildman–Crippen LogP) is 12.6. The van der Waals surface area contributed by atoms with Gasteiger partial charge in [0.1, 0.15) is 0 Å². The Labute approximate surface area is 267 Å². The quantitative estimate of drug-likeness (QED) is 0.189. The average molecular weight is 580 g/mol. The minimum Gasteiger partial charge on any atom is -0.311 e. The molecule has 7 aromatic rings. The van der Waals surface area contributed by atoms with Crippen molar-refractivity contribution in [2.45, 2.75) is 26.2 Å². The molecule has 7 aromatic carbocycles. The molecule has 0 spiro atoms. The highest BCUT2D eigenvalue weighted by Gasteiger charge is 2.16. The van der Waals surface area contributed by atoms with E-state index < -0.39 is 0 Å². The molecule has 7 rings (SSSR count). The van der Waals surface area contributed by atoms with Crippen LogP contribution in [0.25, 0.3) is 44.2 Å². The number of benzene rings is 7. The van der Waals surface area contributed by atoms with Crippen LogP contribution in [0.3, 0.4) is 0 Å².